The lowest BCUT2D eigenvalue weighted by atomic mass is 10.0. The van der Waals surface area contributed by atoms with Crippen molar-refractivity contribution in [3.63, 3.8) is 0 Å². The lowest BCUT2D eigenvalue weighted by molar-refractivity contribution is -0.130. The van der Waals surface area contributed by atoms with Gasteiger partial charge in [-0.25, -0.2) is 0 Å². The third-order valence-electron chi connectivity index (χ3n) is 4.41. The Morgan fingerprint density at radius 3 is 2.71 bits per heavy atom. The molecular formula is C18H22N4O2. The van der Waals surface area contributed by atoms with Gasteiger partial charge in [-0.1, -0.05) is 30.3 Å². The molecule has 6 nitrogen and oxygen atoms in total. The lowest BCUT2D eigenvalue weighted by Crippen LogP contribution is -2.28. The standard InChI is InChI=1S/C18H22N4O2/c1-21(2)18(24)9-15-11-22(12-16(15)23)17-8-14(10-19-20-17)13-6-4-3-5-7-13/h3-8,10,15-16,23H,9,11-12H2,1-2H3/t15-,16-/m1/s1. The maximum atomic E-state index is 11.9. The van der Waals surface area contributed by atoms with Crippen LogP contribution in [0.4, 0.5) is 5.82 Å². The van der Waals surface area contributed by atoms with Gasteiger partial charge in [-0.15, -0.1) is 5.10 Å². The first-order valence-corrected chi connectivity index (χ1v) is 8.06. The Bertz CT molecular complexity index is 705. The molecule has 24 heavy (non-hydrogen) atoms. The number of rotatable bonds is 4. The maximum Gasteiger partial charge on any atom is 0.222 e. The number of nitrogens with zero attached hydrogens (tertiary/aromatic N) is 4. The Labute approximate surface area is 141 Å². The summed E-state index contributed by atoms with van der Waals surface area (Å²) in [5, 5.41) is 18.6. The fourth-order valence-corrected chi connectivity index (χ4v) is 2.95. The van der Waals surface area contributed by atoms with Gasteiger partial charge in [-0.2, -0.15) is 5.10 Å². The van der Waals surface area contributed by atoms with Crippen LogP contribution in [0.1, 0.15) is 6.42 Å². The van der Waals surface area contributed by atoms with Crippen molar-refractivity contribution in [2.75, 3.05) is 32.1 Å². The average Bonchev–Trinajstić information content (AvgIpc) is 2.96. The van der Waals surface area contributed by atoms with Gasteiger partial charge in [0, 0.05) is 45.1 Å². The van der Waals surface area contributed by atoms with Crippen LogP contribution in [0.2, 0.25) is 0 Å². The maximum absolute atomic E-state index is 11.9. The van der Waals surface area contributed by atoms with Crippen LogP contribution < -0.4 is 4.90 Å². The largest absolute Gasteiger partial charge is 0.391 e. The number of hydrogen-bond donors (Lipinski definition) is 1. The molecule has 1 N–H and O–H groups in total. The minimum absolute atomic E-state index is 0.0324. The van der Waals surface area contributed by atoms with Crippen molar-refractivity contribution in [3.05, 3.63) is 42.6 Å². The van der Waals surface area contributed by atoms with Crippen molar-refractivity contribution in [1.82, 2.24) is 15.1 Å². The minimum atomic E-state index is -0.531. The zero-order valence-corrected chi connectivity index (χ0v) is 14.0. The fourth-order valence-electron chi connectivity index (χ4n) is 2.95. The van der Waals surface area contributed by atoms with E-state index >= 15 is 0 Å². The number of amides is 1. The molecule has 6 heteroatoms. The highest BCUT2D eigenvalue weighted by molar-refractivity contribution is 5.76. The SMILES string of the molecule is CN(C)C(=O)C[C@@H]1CN(c2cc(-c3ccccc3)cnn2)C[C@H]1O. The van der Waals surface area contributed by atoms with Crippen LogP contribution in [0, 0.1) is 5.92 Å². The molecule has 1 amide bonds. The van der Waals surface area contributed by atoms with Gasteiger partial charge in [0.05, 0.1) is 12.3 Å². The summed E-state index contributed by atoms with van der Waals surface area (Å²) in [5.41, 5.74) is 2.07. The highest BCUT2D eigenvalue weighted by Crippen LogP contribution is 2.27. The third kappa shape index (κ3) is 3.54. The second-order valence-corrected chi connectivity index (χ2v) is 6.39. The van der Waals surface area contributed by atoms with Gasteiger partial charge in [0.25, 0.3) is 0 Å². The monoisotopic (exact) mass is 326 g/mol. The molecule has 1 aliphatic rings. The summed E-state index contributed by atoms with van der Waals surface area (Å²) >= 11 is 0. The molecule has 0 bridgehead atoms. The predicted molar refractivity (Wildman–Crippen MR) is 92.5 cm³/mol. The van der Waals surface area contributed by atoms with Gasteiger partial charge in [0.15, 0.2) is 5.82 Å². The van der Waals surface area contributed by atoms with Crippen molar-refractivity contribution in [2.24, 2.45) is 5.92 Å². The van der Waals surface area contributed by atoms with Gasteiger partial charge >= 0.3 is 0 Å². The fraction of sp³-hybridized carbons (Fsp3) is 0.389. The molecule has 1 saturated heterocycles. The first-order valence-electron chi connectivity index (χ1n) is 8.06. The van der Waals surface area contributed by atoms with E-state index in [4.69, 9.17) is 0 Å². The predicted octanol–water partition coefficient (Wildman–Crippen LogP) is 1.42. The van der Waals surface area contributed by atoms with Crippen molar-refractivity contribution in [1.29, 1.82) is 0 Å². The van der Waals surface area contributed by atoms with E-state index in [1.807, 2.05) is 41.3 Å². The Kier molecular flexibility index (Phi) is 4.76. The van der Waals surface area contributed by atoms with Gasteiger partial charge in [-0.3, -0.25) is 4.79 Å². The summed E-state index contributed by atoms with van der Waals surface area (Å²) in [6.07, 6.45) is 1.55. The molecule has 0 spiro atoms. The van der Waals surface area contributed by atoms with Gasteiger partial charge in [-0.05, 0) is 11.6 Å². The molecule has 1 aromatic heterocycles. The van der Waals surface area contributed by atoms with E-state index in [9.17, 15) is 9.90 Å². The molecule has 0 aliphatic carbocycles. The molecule has 0 saturated carbocycles. The quantitative estimate of drug-likeness (QED) is 0.920. The van der Waals surface area contributed by atoms with Crippen molar-refractivity contribution in [3.8, 4) is 11.1 Å². The first-order chi connectivity index (χ1) is 11.5. The molecule has 0 radical (unpaired) electrons. The Morgan fingerprint density at radius 2 is 2.00 bits per heavy atom. The van der Waals surface area contributed by atoms with Crippen LogP contribution in [0.5, 0.6) is 0 Å². The molecular weight excluding hydrogens is 304 g/mol. The first kappa shape index (κ1) is 16.4. The van der Waals surface area contributed by atoms with Crippen LogP contribution in [0.15, 0.2) is 42.6 Å². The normalized spacial score (nSPS) is 20.2. The van der Waals surface area contributed by atoms with Gasteiger partial charge in [0.2, 0.25) is 5.91 Å². The number of carbonyl (C=O) groups is 1. The number of benzene rings is 1. The number of hydrogen-bond acceptors (Lipinski definition) is 5. The summed E-state index contributed by atoms with van der Waals surface area (Å²) in [6, 6.07) is 12.0. The molecule has 1 aromatic carbocycles. The number of β-amino-alcohol motifs (C(OH)–C–C–N with tert-alkyl or cyclic N) is 1. The number of aliphatic hydroxyl groups excluding tert-OH is 1. The molecule has 2 atom stereocenters. The molecule has 0 unspecified atom stereocenters. The van der Waals surface area contributed by atoms with Crippen LogP contribution in [0.25, 0.3) is 11.1 Å². The van der Waals surface area contributed by atoms with Crippen LogP contribution in [-0.2, 0) is 4.79 Å². The number of aromatic nitrogens is 2. The molecule has 1 fully saturated rings. The van der Waals surface area contributed by atoms with Crippen LogP contribution in [0.3, 0.4) is 0 Å². The van der Waals surface area contributed by atoms with Crippen LogP contribution >= 0.6 is 0 Å². The number of anilines is 1. The van der Waals surface area contributed by atoms with E-state index < -0.39 is 6.10 Å². The molecule has 2 heterocycles. The summed E-state index contributed by atoms with van der Waals surface area (Å²) in [7, 11) is 3.46. The molecule has 1 aliphatic heterocycles. The van der Waals surface area contributed by atoms with E-state index in [1.165, 1.54) is 0 Å². The molecule has 126 valence electrons. The average molecular weight is 326 g/mol. The summed E-state index contributed by atoms with van der Waals surface area (Å²) in [4.78, 5) is 15.5. The topological polar surface area (TPSA) is 69.6 Å². The molecule has 3 rings (SSSR count). The number of carbonyl (C=O) groups excluding carboxylic acids is 1. The van der Waals surface area contributed by atoms with Crippen molar-refractivity contribution >= 4 is 11.7 Å². The zero-order chi connectivity index (χ0) is 17.1. The van der Waals surface area contributed by atoms with Gasteiger partial charge < -0.3 is 14.9 Å². The third-order valence-corrected chi connectivity index (χ3v) is 4.41. The zero-order valence-electron chi connectivity index (χ0n) is 14.0. The Balaban J connectivity index is 1.75. The van der Waals surface area contributed by atoms with Gasteiger partial charge in [0.1, 0.15) is 0 Å². The van der Waals surface area contributed by atoms with E-state index in [0.29, 0.717) is 19.5 Å². The Hall–Kier alpha value is -2.47. The Morgan fingerprint density at radius 1 is 1.25 bits per heavy atom. The second kappa shape index (κ2) is 6.97. The minimum Gasteiger partial charge on any atom is -0.391 e. The van der Waals surface area contributed by atoms with Crippen molar-refractivity contribution in [2.45, 2.75) is 12.5 Å². The van der Waals surface area contributed by atoms with E-state index in [-0.39, 0.29) is 11.8 Å². The second-order valence-electron chi connectivity index (χ2n) is 6.39. The van der Waals surface area contributed by atoms with E-state index in [1.54, 1.807) is 25.2 Å². The summed E-state index contributed by atoms with van der Waals surface area (Å²) in [6.45, 7) is 1.08. The number of aliphatic hydroxyl groups is 1. The van der Waals surface area contributed by atoms with Crippen LogP contribution in [-0.4, -0.2) is 59.4 Å². The highest BCUT2D eigenvalue weighted by Gasteiger charge is 2.34. The summed E-state index contributed by atoms with van der Waals surface area (Å²) < 4.78 is 0. The van der Waals surface area contributed by atoms with E-state index in [0.717, 1.165) is 16.9 Å². The highest BCUT2D eigenvalue weighted by atomic mass is 16.3. The lowest BCUT2D eigenvalue weighted by Gasteiger charge is -2.18. The van der Waals surface area contributed by atoms with Crippen molar-refractivity contribution < 1.29 is 9.90 Å². The smallest absolute Gasteiger partial charge is 0.222 e. The van der Waals surface area contributed by atoms with E-state index in [2.05, 4.69) is 10.2 Å². The summed E-state index contributed by atoms with van der Waals surface area (Å²) in [5.74, 6) is 0.683. The molecule has 2 aromatic rings.